The molecular formula is C21H27FN2O4. The lowest BCUT2D eigenvalue weighted by Gasteiger charge is -2.37. The molecule has 0 aromatic heterocycles. The number of carbonyl (C=O) groups is 3. The zero-order valence-electron chi connectivity index (χ0n) is 16.2. The van der Waals surface area contributed by atoms with Crippen LogP contribution in [0.5, 0.6) is 0 Å². The smallest absolute Gasteiger partial charge is 0.309 e. The Bertz CT molecular complexity index is 714. The summed E-state index contributed by atoms with van der Waals surface area (Å²) in [5, 5.41) is 0. The van der Waals surface area contributed by atoms with Crippen LogP contribution in [0.25, 0.3) is 0 Å². The maximum Gasteiger partial charge on any atom is 0.309 e. The first-order valence-electron chi connectivity index (χ1n) is 10.00. The molecular weight excluding hydrogens is 363 g/mol. The number of piperidine rings is 2. The van der Waals surface area contributed by atoms with Crippen LogP contribution in [0.15, 0.2) is 24.3 Å². The Morgan fingerprint density at radius 1 is 1.00 bits per heavy atom. The second-order valence-corrected chi connectivity index (χ2v) is 7.45. The number of esters is 1. The van der Waals surface area contributed by atoms with Gasteiger partial charge >= 0.3 is 5.97 Å². The summed E-state index contributed by atoms with van der Waals surface area (Å²) in [7, 11) is 0. The molecule has 2 amide bonds. The van der Waals surface area contributed by atoms with E-state index in [-0.39, 0.29) is 35.4 Å². The standard InChI is InChI=1S/C21H27FN2O4/c1-2-28-21(27)16-9-12-23(13-10-16)20(26)17-4-3-11-24(14-17)19(25)15-5-7-18(22)8-6-15/h5-8,16-17H,2-4,9-14H2,1H3. The van der Waals surface area contributed by atoms with Crippen molar-refractivity contribution in [2.45, 2.75) is 32.6 Å². The Morgan fingerprint density at radius 3 is 2.32 bits per heavy atom. The Kier molecular flexibility index (Phi) is 6.65. The third kappa shape index (κ3) is 4.69. The van der Waals surface area contributed by atoms with Crippen LogP contribution in [0.2, 0.25) is 0 Å². The number of benzene rings is 1. The Balaban J connectivity index is 1.55. The number of hydrogen-bond donors (Lipinski definition) is 0. The van der Waals surface area contributed by atoms with Gasteiger partial charge in [-0.15, -0.1) is 0 Å². The summed E-state index contributed by atoms with van der Waals surface area (Å²) in [5.41, 5.74) is 0.435. The number of likely N-dealkylation sites (tertiary alicyclic amines) is 2. The highest BCUT2D eigenvalue weighted by molar-refractivity contribution is 5.94. The molecule has 0 bridgehead atoms. The van der Waals surface area contributed by atoms with Crippen molar-refractivity contribution in [1.82, 2.24) is 9.80 Å². The highest BCUT2D eigenvalue weighted by atomic mass is 19.1. The monoisotopic (exact) mass is 390 g/mol. The third-order valence-corrected chi connectivity index (χ3v) is 5.58. The van der Waals surface area contributed by atoms with E-state index in [1.54, 1.807) is 11.8 Å². The normalized spacial score (nSPS) is 20.7. The van der Waals surface area contributed by atoms with Gasteiger partial charge in [0.2, 0.25) is 5.91 Å². The van der Waals surface area contributed by atoms with Gasteiger partial charge in [0.1, 0.15) is 5.82 Å². The van der Waals surface area contributed by atoms with Gasteiger partial charge in [-0.2, -0.15) is 0 Å². The van der Waals surface area contributed by atoms with Crippen LogP contribution < -0.4 is 0 Å². The maximum absolute atomic E-state index is 13.1. The molecule has 0 aliphatic carbocycles. The molecule has 152 valence electrons. The lowest BCUT2D eigenvalue weighted by Crippen LogP contribution is -2.49. The quantitative estimate of drug-likeness (QED) is 0.741. The zero-order valence-corrected chi connectivity index (χ0v) is 16.2. The zero-order chi connectivity index (χ0) is 20.1. The number of ether oxygens (including phenoxy) is 1. The lowest BCUT2D eigenvalue weighted by molar-refractivity contribution is -0.152. The van der Waals surface area contributed by atoms with E-state index in [0.29, 0.717) is 51.2 Å². The molecule has 1 unspecified atom stereocenters. The Morgan fingerprint density at radius 2 is 1.68 bits per heavy atom. The number of amides is 2. The van der Waals surface area contributed by atoms with Crippen LogP contribution in [-0.4, -0.2) is 60.4 Å². The first-order valence-corrected chi connectivity index (χ1v) is 10.00. The van der Waals surface area contributed by atoms with Crippen molar-refractivity contribution in [3.63, 3.8) is 0 Å². The molecule has 6 nitrogen and oxygen atoms in total. The van der Waals surface area contributed by atoms with Gasteiger partial charge < -0.3 is 14.5 Å². The van der Waals surface area contributed by atoms with Gasteiger partial charge in [0.25, 0.3) is 5.91 Å². The molecule has 28 heavy (non-hydrogen) atoms. The first-order chi connectivity index (χ1) is 13.5. The van der Waals surface area contributed by atoms with E-state index < -0.39 is 0 Å². The summed E-state index contributed by atoms with van der Waals surface area (Å²) < 4.78 is 18.2. The summed E-state index contributed by atoms with van der Waals surface area (Å²) in [6, 6.07) is 5.49. The molecule has 2 aliphatic heterocycles. The summed E-state index contributed by atoms with van der Waals surface area (Å²) in [6.07, 6.45) is 2.76. The van der Waals surface area contributed by atoms with Gasteiger partial charge in [0.15, 0.2) is 0 Å². The predicted molar refractivity (Wildman–Crippen MR) is 101 cm³/mol. The average molecular weight is 390 g/mol. The van der Waals surface area contributed by atoms with Crippen molar-refractivity contribution in [1.29, 1.82) is 0 Å². The highest BCUT2D eigenvalue weighted by Crippen LogP contribution is 2.25. The van der Waals surface area contributed by atoms with Crippen molar-refractivity contribution in [2.24, 2.45) is 11.8 Å². The van der Waals surface area contributed by atoms with Crippen LogP contribution in [0.1, 0.15) is 43.0 Å². The molecule has 0 N–H and O–H groups in total. The average Bonchev–Trinajstić information content (AvgIpc) is 2.73. The van der Waals surface area contributed by atoms with E-state index in [1.165, 1.54) is 24.3 Å². The molecule has 7 heteroatoms. The van der Waals surface area contributed by atoms with Gasteiger partial charge in [-0.25, -0.2) is 4.39 Å². The summed E-state index contributed by atoms with van der Waals surface area (Å²) >= 11 is 0. The number of halogens is 1. The van der Waals surface area contributed by atoms with E-state index >= 15 is 0 Å². The molecule has 2 aliphatic rings. The summed E-state index contributed by atoms with van der Waals surface area (Å²) in [6.45, 7) is 4.24. The van der Waals surface area contributed by atoms with Crippen molar-refractivity contribution in [3.05, 3.63) is 35.6 Å². The van der Waals surface area contributed by atoms with E-state index in [0.717, 1.165) is 12.8 Å². The van der Waals surface area contributed by atoms with Crippen LogP contribution >= 0.6 is 0 Å². The van der Waals surface area contributed by atoms with Crippen molar-refractivity contribution < 1.29 is 23.5 Å². The lowest BCUT2D eigenvalue weighted by atomic mass is 9.92. The fourth-order valence-electron chi connectivity index (χ4n) is 3.99. The van der Waals surface area contributed by atoms with E-state index in [1.807, 2.05) is 4.90 Å². The van der Waals surface area contributed by atoms with Gasteiger partial charge in [-0.05, 0) is 56.9 Å². The SMILES string of the molecule is CCOC(=O)C1CCN(C(=O)C2CCCN(C(=O)c3ccc(F)cc3)C2)CC1. The molecule has 3 rings (SSSR count). The fraction of sp³-hybridized carbons (Fsp3) is 0.571. The molecule has 2 heterocycles. The largest absolute Gasteiger partial charge is 0.466 e. The second-order valence-electron chi connectivity index (χ2n) is 7.45. The minimum absolute atomic E-state index is 0.0546. The Hall–Kier alpha value is -2.44. The molecule has 1 atom stereocenters. The van der Waals surface area contributed by atoms with Gasteiger partial charge in [0, 0.05) is 31.7 Å². The van der Waals surface area contributed by atoms with E-state index in [4.69, 9.17) is 4.74 Å². The molecule has 1 aromatic carbocycles. The molecule has 0 spiro atoms. The van der Waals surface area contributed by atoms with Crippen LogP contribution in [0.3, 0.4) is 0 Å². The van der Waals surface area contributed by atoms with E-state index in [9.17, 15) is 18.8 Å². The highest BCUT2D eigenvalue weighted by Gasteiger charge is 2.34. The van der Waals surface area contributed by atoms with Crippen molar-refractivity contribution >= 4 is 17.8 Å². The minimum Gasteiger partial charge on any atom is -0.466 e. The summed E-state index contributed by atoms with van der Waals surface area (Å²) in [4.78, 5) is 40.9. The molecule has 0 radical (unpaired) electrons. The predicted octanol–water partition coefficient (Wildman–Crippen LogP) is 2.48. The molecule has 2 fully saturated rings. The topological polar surface area (TPSA) is 66.9 Å². The second kappa shape index (κ2) is 9.17. The first kappa shape index (κ1) is 20.3. The molecule has 0 saturated carbocycles. The van der Waals surface area contributed by atoms with Crippen molar-refractivity contribution in [2.75, 3.05) is 32.8 Å². The maximum atomic E-state index is 13.1. The van der Waals surface area contributed by atoms with Gasteiger partial charge in [-0.3, -0.25) is 14.4 Å². The number of rotatable bonds is 4. The molecule has 2 saturated heterocycles. The van der Waals surface area contributed by atoms with Gasteiger partial charge in [0.05, 0.1) is 18.4 Å². The van der Waals surface area contributed by atoms with E-state index in [2.05, 4.69) is 0 Å². The van der Waals surface area contributed by atoms with Crippen LogP contribution in [0.4, 0.5) is 4.39 Å². The van der Waals surface area contributed by atoms with Crippen LogP contribution in [0, 0.1) is 17.7 Å². The number of hydrogen-bond acceptors (Lipinski definition) is 4. The summed E-state index contributed by atoms with van der Waals surface area (Å²) in [5.74, 6) is -1.03. The minimum atomic E-state index is -0.380. The molecule has 1 aromatic rings. The number of nitrogens with zero attached hydrogens (tertiary/aromatic N) is 2. The Labute approximate surface area is 164 Å². The fourth-order valence-corrected chi connectivity index (χ4v) is 3.99. The third-order valence-electron chi connectivity index (χ3n) is 5.58. The van der Waals surface area contributed by atoms with Crippen LogP contribution in [-0.2, 0) is 14.3 Å². The number of carbonyl (C=O) groups excluding carboxylic acids is 3. The van der Waals surface area contributed by atoms with Gasteiger partial charge in [-0.1, -0.05) is 0 Å². The van der Waals surface area contributed by atoms with Crippen molar-refractivity contribution in [3.8, 4) is 0 Å².